The highest BCUT2D eigenvalue weighted by atomic mass is 35.5. The van der Waals surface area contributed by atoms with E-state index in [0.29, 0.717) is 5.28 Å². The van der Waals surface area contributed by atoms with E-state index in [2.05, 4.69) is 10.1 Å². The Bertz CT molecular complexity index is 455. The molecule has 0 aromatic carbocycles. The zero-order chi connectivity index (χ0) is 11.7. The third-order valence-corrected chi connectivity index (χ3v) is 5.20. The van der Waals surface area contributed by atoms with Crippen molar-refractivity contribution in [3.05, 3.63) is 11.6 Å². The third-order valence-electron chi connectivity index (χ3n) is 5.03. The molecule has 4 nitrogen and oxygen atoms in total. The maximum absolute atomic E-state index is 6.56. The maximum atomic E-state index is 6.56. The van der Waals surface area contributed by atoms with Crippen LogP contribution in [0.25, 0.3) is 0 Å². The van der Waals surface area contributed by atoms with Gasteiger partial charge in [-0.1, -0.05) is 0 Å². The molecule has 4 aliphatic carbocycles. The Morgan fingerprint density at radius 1 is 1.29 bits per heavy atom. The van der Waals surface area contributed by atoms with Crippen LogP contribution >= 0.6 is 11.6 Å². The summed E-state index contributed by atoms with van der Waals surface area (Å²) in [5.41, 5.74) is 6.71. The van der Waals surface area contributed by atoms with Gasteiger partial charge in [-0.3, -0.25) is 0 Å². The van der Waals surface area contributed by atoms with Crippen LogP contribution in [0, 0.1) is 11.8 Å². The summed E-state index contributed by atoms with van der Waals surface area (Å²) in [6, 6.07) is 0. The molecule has 17 heavy (non-hydrogen) atoms. The molecule has 0 aliphatic heterocycles. The van der Waals surface area contributed by atoms with Crippen molar-refractivity contribution in [3.63, 3.8) is 0 Å². The van der Waals surface area contributed by atoms with Gasteiger partial charge in [-0.15, -0.1) is 5.10 Å². The molecule has 4 bridgehead atoms. The fourth-order valence-electron chi connectivity index (χ4n) is 5.02. The molecule has 2 unspecified atom stereocenters. The van der Waals surface area contributed by atoms with E-state index in [9.17, 15) is 0 Å². The Morgan fingerprint density at radius 2 is 2.00 bits per heavy atom. The SMILES string of the molecule is NC12C[C@H]3C[C@@H](C1)CC(n1cnc(Cl)n1)(C3)C2. The van der Waals surface area contributed by atoms with E-state index < -0.39 is 0 Å². The van der Waals surface area contributed by atoms with Crippen LogP contribution in [0.4, 0.5) is 0 Å². The number of aromatic nitrogens is 3. The minimum absolute atomic E-state index is 0.0442. The van der Waals surface area contributed by atoms with Gasteiger partial charge >= 0.3 is 0 Å². The van der Waals surface area contributed by atoms with Crippen molar-refractivity contribution < 1.29 is 0 Å². The average molecular weight is 253 g/mol. The van der Waals surface area contributed by atoms with E-state index in [1.54, 1.807) is 6.33 Å². The summed E-state index contributed by atoms with van der Waals surface area (Å²) in [6.45, 7) is 0. The van der Waals surface area contributed by atoms with Gasteiger partial charge in [0, 0.05) is 5.54 Å². The molecule has 4 saturated carbocycles. The Morgan fingerprint density at radius 3 is 2.53 bits per heavy atom. The smallest absolute Gasteiger partial charge is 0.242 e. The molecule has 5 heteroatoms. The lowest BCUT2D eigenvalue weighted by atomic mass is 9.50. The molecule has 0 spiro atoms. The van der Waals surface area contributed by atoms with Gasteiger partial charge in [0.2, 0.25) is 5.28 Å². The van der Waals surface area contributed by atoms with E-state index in [0.717, 1.165) is 18.3 Å². The monoisotopic (exact) mass is 252 g/mol. The Balaban J connectivity index is 1.79. The minimum Gasteiger partial charge on any atom is -0.325 e. The van der Waals surface area contributed by atoms with Gasteiger partial charge in [0.05, 0.1) is 5.54 Å². The van der Waals surface area contributed by atoms with Gasteiger partial charge in [0.25, 0.3) is 0 Å². The van der Waals surface area contributed by atoms with Crippen LogP contribution in [0.3, 0.4) is 0 Å². The second kappa shape index (κ2) is 3.04. The van der Waals surface area contributed by atoms with Crippen LogP contribution in [0.5, 0.6) is 0 Å². The highest BCUT2D eigenvalue weighted by molar-refractivity contribution is 6.28. The molecule has 0 saturated heterocycles. The van der Waals surface area contributed by atoms with E-state index in [1.165, 1.54) is 32.1 Å². The summed E-state index contributed by atoms with van der Waals surface area (Å²) < 4.78 is 2.01. The standard InChI is InChI=1S/C12H17ClN4/c13-10-15-7-17(16-10)12-4-8-1-9(5-12)3-11(14,2-8)6-12/h7-9H,1-6,14H2/t8-,9+,11?,12?. The molecular weight excluding hydrogens is 236 g/mol. The van der Waals surface area contributed by atoms with Gasteiger partial charge < -0.3 is 5.73 Å². The lowest BCUT2D eigenvalue weighted by Crippen LogP contribution is -2.63. The number of rotatable bonds is 1. The lowest BCUT2D eigenvalue weighted by Gasteiger charge is -2.60. The summed E-state index contributed by atoms with van der Waals surface area (Å²) in [5.74, 6) is 1.56. The summed E-state index contributed by atoms with van der Waals surface area (Å²) in [6.07, 6.45) is 9.03. The van der Waals surface area contributed by atoms with Gasteiger partial charge in [0.1, 0.15) is 6.33 Å². The molecule has 1 heterocycles. The van der Waals surface area contributed by atoms with Crippen molar-refractivity contribution in [2.45, 2.75) is 49.6 Å². The van der Waals surface area contributed by atoms with Gasteiger partial charge in [-0.2, -0.15) is 0 Å². The van der Waals surface area contributed by atoms with E-state index >= 15 is 0 Å². The summed E-state index contributed by atoms with van der Waals surface area (Å²) in [7, 11) is 0. The molecule has 4 fully saturated rings. The van der Waals surface area contributed by atoms with Crippen molar-refractivity contribution in [2.24, 2.45) is 17.6 Å². The first-order valence-corrected chi connectivity index (χ1v) is 6.81. The molecule has 92 valence electrons. The summed E-state index contributed by atoms with van der Waals surface area (Å²) in [5, 5.41) is 4.70. The fourth-order valence-corrected chi connectivity index (χ4v) is 5.15. The molecule has 0 radical (unpaired) electrons. The van der Waals surface area contributed by atoms with E-state index in [1.807, 2.05) is 4.68 Å². The van der Waals surface area contributed by atoms with Crippen LogP contribution in [-0.4, -0.2) is 20.3 Å². The molecule has 4 aliphatic rings. The van der Waals surface area contributed by atoms with Gasteiger partial charge in [0.15, 0.2) is 0 Å². The van der Waals surface area contributed by atoms with Gasteiger partial charge in [-0.25, -0.2) is 9.67 Å². The van der Waals surface area contributed by atoms with Crippen LogP contribution in [0.2, 0.25) is 5.28 Å². The Kier molecular flexibility index (Phi) is 1.84. The van der Waals surface area contributed by atoms with E-state index in [4.69, 9.17) is 17.3 Å². The zero-order valence-electron chi connectivity index (χ0n) is 9.77. The normalized spacial score (nSPS) is 47.6. The predicted octanol–water partition coefficient (Wildman–Crippen LogP) is 1.94. The lowest BCUT2D eigenvalue weighted by molar-refractivity contribution is -0.0636. The fraction of sp³-hybridized carbons (Fsp3) is 0.833. The number of hydrogen-bond acceptors (Lipinski definition) is 3. The van der Waals surface area contributed by atoms with Crippen molar-refractivity contribution >= 4 is 11.6 Å². The van der Waals surface area contributed by atoms with E-state index in [-0.39, 0.29) is 11.1 Å². The first-order valence-electron chi connectivity index (χ1n) is 6.44. The summed E-state index contributed by atoms with van der Waals surface area (Å²) >= 11 is 5.86. The molecule has 2 N–H and O–H groups in total. The van der Waals surface area contributed by atoms with Crippen molar-refractivity contribution in [1.82, 2.24) is 14.8 Å². The van der Waals surface area contributed by atoms with Crippen LogP contribution in [0.15, 0.2) is 6.33 Å². The first kappa shape index (κ1) is 10.3. The largest absolute Gasteiger partial charge is 0.325 e. The molecule has 0 amide bonds. The first-order chi connectivity index (χ1) is 8.07. The second-order valence-corrected chi connectivity index (χ2v) is 6.84. The molecule has 1 aromatic heterocycles. The number of nitrogens with zero attached hydrogens (tertiary/aromatic N) is 3. The molecule has 5 rings (SSSR count). The highest BCUT2D eigenvalue weighted by Gasteiger charge is 2.57. The number of nitrogens with two attached hydrogens (primary N) is 1. The number of hydrogen-bond donors (Lipinski definition) is 1. The Hall–Kier alpha value is -0.610. The third kappa shape index (κ3) is 1.40. The molecular formula is C12H17ClN4. The highest BCUT2D eigenvalue weighted by Crippen LogP contribution is 2.59. The summed E-state index contributed by atoms with van der Waals surface area (Å²) in [4.78, 5) is 4.07. The number of halogens is 1. The van der Waals surface area contributed by atoms with Crippen molar-refractivity contribution in [2.75, 3.05) is 0 Å². The second-order valence-electron chi connectivity index (χ2n) is 6.51. The molecule has 4 atom stereocenters. The average Bonchev–Trinajstić information content (AvgIpc) is 2.61. The Labute approximate surface area is 106 Å². The quantitative estimate of drug-likeness (QED) is 0.831. The maximum Gasteiger partial charge on any atom is 0.242 e. The van der Waals surface area contributed by atoms with Crippen molar-refractivity contribution in [3.8, 4) is 0 Å². The van der Waals surface area contributed by atoms with Gasteiger partial charge in [-0.05, 0) is 62.0 Å². The van der Waals surface area contributed by atoms with Crippen LogP contribution < -0.4 is 5.73 Å². The van der Waals surface area contributed by atoms with Crippen LogP contribution in [-0.2, 0) is 5.54 Å². The van der Waals surface area contributed by atoms with Crippen LogP contribution in [0.1, 0.15) is 38.5 Å². The minimum atomic E-state index is 0.0442. The topological polar surface area (TPSA) is 56.7 Å². The van der Waals surface area contributed by atoms with Crippen molar-refractivity contribution in [1.29, 1.82) is 0 Å². The zero-order valence-corrected chi connectivity index (χ0v) is 10.5. The predicted molar refractivity (Wildman–Crippen MR) is 64.6 cm³/mol. The molecule has 1 aromatic rings.